The van der Waals surface area contributed by atoms with Crippen molar-refractivity contribution in [2.75, 3.05) is 13.1 Å². The molecular formula is C21H25ClN2O3S. The molecule has 1 fully saturated rings. The molecule has 3 rings (SSSR count). The summed E-state index contributed by atoms with van der Waals surface area (Å²) in [6.45, 7) is 6.92. The Labute approximate surface area is 171 Å². The number of carbonyl (C=O) groups is 1. The van der Waals surface area contributed by atoms with Crippen LogP contribution in [0.3, 0.4) is 0 Å². The van der Waals surface area contributed by atoms with Crippen LogP contribution in [0.2, 0.25) is 5.02 Å². The number of halogens is 1. The van der Waals surface area contributed by atoms with Crippen LogP contribution in [-0.4, -0.2) is 31.7 Å². The first-order valence-corrected chi connectivity index (χ1v) is 11.2. The van der Waals surface area contributed by atoms with Crippen LogP contribution in [-0.2, 0) is 10.0 Å². The minimum absolute atomic E-state index is 0.100. The summed E-state index contributed by atoms with van der Waals surface area (Å²) in [4.78, 5) is 12.9. The molecule has 28 heavy (non-hydrogen) atoms. The van der Waals surface area contributed by atoms with Crippen molar-refractivity contribution in [1.29, 1.82) is 0 Å². The zero-order valence-electron chi connectivity index (χ0n) is 16.3. The third kappa shape index (κ3) is 4.24. The normalized spacial score (nSPS) is 16.1. The number of nitrogens with zero attached hydrogens (tertiary/aromatic N) is 1. The second-order valence-corrected chi connectivity index (χ2v) is 9.65. The van der Waals surface area contributed by atoms with E-state index in [2.05, 4.69) is 5.32 Å². The first kappa shape index (κ1) is 20.8. The smallest absolute Gasteiger partial charge is 0.253 e. The summed E-state index contributed by atoms with van der Waals surface area (Å²) in [6.07, 6.45) is 1.71. The van der Waals surface area contributed by atoms with Crippen LogP contribution in [0, 0.1) is 13.8 Å². The number of sulfonamides is 1. The van der Waals surface area contributed by atoms with Crippen molar-refractivity contribution < 1.29 is 13.2 Å². The predicted octanol–water partition coefficient (Wildman–Crippen LogP) is 4.23. The van der Waals surface area contributed by atoms with Gasteiger partial charge in [0.25, 0.3) is 5.91 Å². The molecule has 1 aliphatic rings. The standard InChI is InChI=1S/C21H25ClN2O3S/c1-14-6-7-15(2)18(12-14)16(3)23-21(25)19-13-17(8-9-20(19)22)28(26,27)24-10-4-5-11-24/h6-9,12-13,16H,4-5,10-11H2,1-3H3,(H,23,25)/t16-/m0/s1. The Morgan fingerprint density at radius 3 is 2.46 bits per heavy atom. The van der Waals surface area contributed by atoms with E-state index in [1.54, 1.807) is 0 Å². The maximum absolute atomic E-state index is 12.8. The fourth-order valence-electron chi connectivity index (χ4n) is 3.49. The van der Waals surface area contributed by atoms with E-state index in [1.165, 1.54) is 22.5 Å². The molecule has 1 saturated heterocycles. The van der Waals surface area contributed by atoms with E-state index >= 15 is 0 Å². The summed E-state index contributed by atoms with van der Waals surface area (Å²) >= 11 is 6.22. The lowest BCUT2D eigenvalue weighted by atomic mass is 10.00. The molecule has 0 aromatic heterocycles. The molecule has 0 unspecified atom stereocenters. The van der Waals surface area contributed by atoms with Gasteiger partial charge in [0.1, 0.15) is 0 Å². The maximum Gasteiger partial charge on any atom is 0.253 e. The zero-order chi connectivity index (χ0) is 20.5. The highest BCUT2D eigenvalue weighted by atomic mass is 35.5. The van der Waals surface area contributed by atoms with Crippen molar-refractivity contribution in [2.24, 2.45) is 0 Å². The van der Waals surface area contributed by atoms with Gasteiger partial charge in [-0.15, -0.1) is 0 Å². The van der Waals surface area contributed by atoms with E-state index in [1.807, 2.05) is 39.0 Å². The lowest BCUT2D eigenvalue weighted by molar-refractivity contribution is 0.0939. The van der Waals surface area contributed by atoms with Crippen molar-refractivity contribution >= 4 is 27.5 Å². The predicted molar refractivity (Wildman–Crippen MR) is 111 cm³/mol. The molecule has 1 N–H and O–H groups in total. The monoisotopic (exact) mass is 420 g/mol. The summed E-state index contributed by atoms with van der Waals surface area (Å²) in [7, 11) is -3.61. The molecule has 2 aromatic carbocycles. The summed E-state index contributed by atoms with van der Waals surface area (Å²) in [5.74, 6) is -0.392. The van der Waals surface area contributed by atoms with Gasteiger partial charge in [0.15, 0.2) is 0 Å². The van der Waals surface area contributed by atoms with Crippen molar-refractivity contribution in [3.8, 4) is 0 Å². The van der Waals surface area contributed by atoms with Crippen LogP contribution in [0.5, 0.6) is 0 Å². The van der Waals surface area contributed by atoms with Gasteiger partial charge in [-0.25, -0.2) is 8.42 Å². The van der Waals surface area contributed by atoms with E-state index in [0.717, 1.165) is 29.5 Å². The van der Waals surface area contributed by atoms with Gasteiger partial charge in [0.05, 0.1) is 21.5 Å². The minimum atomic E-state index is -3.61. The van der Waals surface area contributed by atoms with Gasteiger partial charge in [0, 0.05) is 13.1 Å². The molecule has 0 saturated carbocycles. The second kappa shape index (κ2) is 8.23. The summed E-state index contributed by atoms with van der Waals surface area (Å²) in [6, 6.07) is 10.2. The first-order chi connectivity index (χ1) is 13.2. The van der Waals surface area contributed by atoms with Gasteiger partial charge in [0.2, 0.25) is 10.0 Å². The van der Waals surface area contributed by atoms with E-state index in [9.17, 15) is 13.2 Å². The first-order valence-electron chi connectivity index (χ1n) is 9.38. The van der Waals surface area contributed by atoms with Gasteiger partial charge < -0.3 is 5.32 Å². The third-order valence-corrected chi connectivity index (χ3v) is 7.36. The Morgan fingerprint density at radius 2 is 1.79 bits per heavy atom. The highest BCUT2D eigenvalue weighted by Gasteiger charge is 2.28. The molecule has 7 heteroatoms. The number of carbonyl (C=O) groups excluding carboxylic acids is 1. The third-order valence-electron chi connectivity index (χ3n) is 5.13. The second-order valence-electron chi connectivity index (χ2n) is 7.31. The highest BCUT2D eigenvalue weighted by Crippen LogP contribution is 2.26. The van der Waals surface area contributed by atoms with Gasteiger partial charge in [-0.3, -0.25) is 4.79 Å². The van der Waals surface area contributed by atoms with E-state index in [-0.39, 0.29) is 21.5 Å². The maximum atomic E-state index is 12.8. The Kier molecular flexibility index (Phi) is 6.12. The van der Waals surface area contributed by atoms with Crippen LogP contribution in [0.4, 0.5) is 0 Å². The number of hydrogen-bond donors (Lipinski definition) is 1. The number of nitrogens with one attached hydrogen (secondary N) is 1. The number of benzene rings is 2. The van der Waals surface area contributed by atoms with E-state index in [4.69, 9.17) is 11.6 Å². The zero-order valence-corrected chi connectivity index (χ0v) is 17.9. The fraction of sp³-hybridized carbons (Fsp3) is 0.381. The Hall–Kier alpha value is -1.89. The number of hydrogen-bond acceptors (Lipinski definition) is 3. The topological polar surface area (TPSA) is 66.5 Å². The largest absolute Gasteiger partial charge is 0.345 e. The van der Waals surface area contributed by atoms with E-state index in [0.29, 0.717) is 13.1 Å². The number of aryl methyl sites for hydroxylation is 2. The van der Waals surface area contributed by atoms with Crippen LogP contribution >= 0.6 is 11.6 Å². The number of amides is 1. The summed E-state index contributed by atoms with van der Waals surface area (Å²) < 4.78 is 27.1. The molecule has 0 bridgehead atoms. The molecular weight excluding hydrogens is 396 g/mol. The Balaban J connectivity index is 1.86. The van der Waals surface area contributed by atoms with E-state index < -0.39 is 15.9 Å². The van der Waals surface area contributed by atoms with Crippen molar-refractivity contribution in [3.63, 3.8) is 0 Å². The molecule has 2 aromatic rings. The molecule has 1 amide bonds. The fourth-order valence-corrected chi connectivity index (χ4v) is 5.24. The Bertz CT molecular complexity index is 999. The SMILES string of the molecule is Cc1ccc(C)c([C@H](C)NC(=O)c2cc(S(=O)(=O)N3CCCC3)ccc2Cl)c1. The average Bonchev–Trinajstić information content (AvgIpc) is 3.19. The highest BCUT2D eigenvalue weighted by molar-refractivity contribution is 7.89. The Morgan fingerprint density at radius 1 is 1.11 bits per heavy atom. The van der Waals surface area contributed by atoms with Gasteiger partial charge in [-0.2, -0.15) is 4.31 Å². The molecule has 150 valence electrons. The van der Waals surface area contributed by atoms with Crippen molar-refractivity contribution in [2.45, 2.75) is 44.6 Å². The number of rotatable bonds is 5. The van der Waals surface area contributed by atoms with Crippen LogP contribution in [0.15, 0.2) is 41.3 Å². The molecule has 5 nitrogen and oxygen atoms in total. The van der Waals surface area contributed by atoms with Crippen molar-refractivity contribution in [3.05, 3.63) is 63.7 Å². The lowest BCUT2D eigenvalue weighted by Crippen LogP contribution is -2.29. The minimum Gasteiger partial charge on any atom is -0.345 e. The average molecular weight is 421 g/mol. The molecule has 1 aliphatic heterocycles. The molecule has 0 spiro atoms. The summed E-state index contributed by atoms with van der Waals surface area (Å²) in [5, 5.41) is 3.17. The van der Waals surface area contributed by atoms with Crippen molar-refractivity contribution in [1.82, 2.24) is 9.62 Å². The lowest BCUT2D eigenvalue weighted by Gasteiger charge is -2.19. The summed E-state index contributed by atoms with van der Waals surface area (Å²) in [5.41, 5.74) is 3.37. The molecule has 1 atom stereocenters. The molecule has 0 radical (unpaired) electrons. The van der Waals surface area contributed by atoms with Gasteiger partial charge in [-0.05, 0) is 62.9 Å². The quantitative estimate of drug-likeness (QED) is 0.786. The van der Waals surface area contributed by atoms with Crippen LogP contribution in [0.25, 0.3) is 0 Å². The van der Waals surface area contributed by atoms with Gasteiger partial charge in [-0.1, -0.05) is 35.4 Å². The van der Waals surface area contributed by atoms with Crippen LogP contribution < -0.4 is 5.32 Å². The molecule has 1 heterocycles. The van der Waals surface area contributed by atoms with Crippen LogP contribution in [0.1, 0.15) is 52.9 Å². The molecule has 0 aliphatic carbocycles. The van der Waals surface area contributed by atoms with Gasteiger partial charge >= 0.3 is 0 Å².